The quantitative estimate of drug-likeness (QED) is 0.187. The molecule has 8 aromatic carbocycles. The van der Waals surface area contributed by atoms with Gasteiger partial charge in [0.15, 0.2) is 0 Å². The van der Waals surface area contributed by atoms with E-state index >= 15 is 0 Å². The Labute approximate surface area is 281 Å². The van der Waals surface area contributed by atoms with E-state index in [0.29, 0.717) is 16.3 Å². The zero-order valence-electron chi connectivity index (χ0n) is 37.5. The van der Waals surface area contributed by atoms with E-state index in [-0.39, 0.29) is 44.2 Å². The zero-order chi connectivity index (χ0) is 41.9. The minimum atomic E-state index is -0.700. The first kappa shape index (κ1) is 15.2. The molecule has 210 valence electrons. The molecule has 0 aliphatic carbocycles. The fraction of sp³-hybridized carbons (Fsp3) is 0. The number of fused-ring (bicyclic) bond motifs is 5. The van der Waals surface area contributed by atoms with Crippen molar-refractivity contribution in [2.75, 3.05) is 0 Å². The van der Waals surface area contributed by atoms with Crippen LogP contribution in [0.1, 0.15) is 19.2 Å². The molecule has 0 unspecified atom stereocenters. The van der Waals surface area contributed by atoms with Crippen LogP contribution in [0.4, 0.5) is 0 Å². The van der Waals surface area contributed by atoms with Crippen molar-refractivity contribution in [1.29, 1.82) is 0 Å². The van der Waals surface area contributed by atoms with Gasteiger partial charge in [-0.25, -0.2) is 0 Å². The molecule has 0 spiro atoms. The first-order valence-electron chi connectivity index (χ1n) is 21.3. The predicted octanol–water partition coefficient (Wildman–Crippen LogP) is 12.6. The average molecular weight is 587 g/mol. The molecule has 0 saturated heterocycles. The minimum Gasteiger partial charge on any atom is -0.455 e. The molecule has 1 nitrogen and oxygen atoms in total. The standard InChI is InChI=1S/C44H28O/c1-3-14-29(15-4-1)33-24-12-26-39-40-27-13-25-34(44(40)45-43(33)39)31-18-11-19-32(28-31)42-37-22-9-7-20-35(37)41(30-16-5-2-6-17-30)36-21-8-10-23-38(36)42/h1-28H/i1D,3D,4D,11D,12D,13D,14D,15D,18D,19D,24D,25D,26D,28D. The lowest BCUT2D eigenvalue weighted by molar-refractivity contribution is 0.671. The van der Waals surface area contributed by atoms with E-state index in [0.717, 1.165) is 21.9 Å². The second-order valence-electron chi connectivity index (χ2n) is 10.5. The Morgan fingerprint density at radius 2 is 0.889 bits per heavy atom. The summed E-state index contributed by atoms with van der Waals surface area (Å²) in [7, 11) is 0. The molecule has 0 atom stereocenters. The van der Waals surface area contributed by atoms with Crippen LogP contribution in [0.5, 0.6) is 0 Å². The Balaban J connectivity index is 1.44. The van der Waals surface area contributed by atoms with Crippen LogP contribution in [0.25, 0.3) is 88.0 Å². The highest BCUT2D eigenvalue weighted by atomic mass is 16.3. The van der Waals surface area contributed by atoms with E-state index in [2.05, 4.69) is 0 Å². The van der Waals surface area contributed by atoms with Crippen LogP contribution in [0, 0.1) is 0 Å². The smallest absolute Gasteiger partial charge is 0.143 e. The monoisotopic (exact) mass is 586 g/mol. The minimum absolute atomic E-state index is 0.00468. The van der Waals surface area contributed by atoms with Crippen molar-refractivity contribution < 1.29 is 23.6 Å². The van der Waals surface area contributed by atoms with Gasteiger partial charge in [-0.15, -0.1) is 0 Å². The lowest BCUT2D eigenvalue weighted by Gasteiger charge is -2.18. The Morgan fingerprint density at radius 3 is 1.60 bits per heavy atom. The second kappa shape index (κ2) is 10.4. The van der Waals surface area contributed by atoms with Crippen molar-refractivity contribution in [3.63, 3.8) is 0 Å². The topological polar surface area (TPSA) is 13.1 Å². The van der Waals surface area contributed by atoms with Gasteiger partial charge >= 0.3 is 0 Å². The Hall–Kier alpha value is -5.92. The van der Waals surface area contributed by atoms with E-state index in [9.17, 15) is 5.48 Å². The van der Waals surface area contributed by atoms with Gasteiger partial charge in [0.2, 0.25) is 0 Å². The van der Waals surface area contributed by atoms with Crippen LogP contribution in [-0.2, 0) is 0 Å². The molecule has 1 heterocycles. The molecule has 0 fully saturated rings. The summed E-state index contributed by atoms with van der Waals surface area (Å²) < 4.78 is 131. The summed E-state index contributed by atoms with van der Waals surface area (Å²) in [6.45, 7) is 0. The maximum Gasteiger partial charge on any atom is 0.143 e. The third-order valence-electron chi connectivity index (χ3n) is 8.06. The first-order chi connectivity index (χ1) is 28.2. The van der Waals surface area contributed by atoms with Crippen LogP contribution >= 0.6 is 0 Å². The molecule has 45 heavy (non-hydrogen) atoms. The highest BCUT2D eigenvalue weighted by molar-refractivity contribution is 6.21. The van der Waals surface area contributed by atoms with Gasteiger partial charge in [-0.1, -0.05) is 163 Å². The van der Waals surface area contributed by atoms with Crippen molar-refractivity contribution in [2.24, 2.45) is 0 Å². The molecule has 1 heteroatoms. The number of furan rings is 1. The predicted molar refractivity (Wildman–Crippen MR) is 190 cm³/mol. The molecule has 1 aromatic heterocycles. The summed E-state index contributed by atoms with van der Waals surface area (Å²) in [5.41, 5.74) is 0.309. The molecular formula is C44H28O. The van der Waals surface area contributed by atoms with Crippen molar-refractivity contribution in [3.05, 3.63) is 170 Å². The fourth-order valence-electron chi connectivity index (χ4n) is 6.15. The first-order valence-corrected chi connectivity index (χ1v) is 14.3. The number of hydrogen-bond donors (Lipinski definition) is 0. The Morgan fingerprint density at radius 1 is 0.356 bits per heavy atom. The van der Waals surface area contributed by atoms with Gasteiger partial charge in [-0.3, -0.25) is 0 Å². The molecule has 9 rings (SSSR count). The van der Waals surface area contributed by atoms with Crippen LogP contribution in [0.15, 0.2) is 174 Å². The Kier molecular flexibility index (Phi) is 3.50. The molecule has 9 aromatic rings. The van der Waals surface area contributed by atoms with Crippen LogP contribution in [-0.4, -0.2) is 0 Å². The van der Waals surface area contributed by atoms with Gasteiger partial charge in [-0.05, 0) is 61.0 Å². The summed E-state index contributed by atoms with van der Waals surface area (Å²) in [5, 5.41) is 2.78. The summed E-state index contributed by atoms with van der Waals surface area (Å²) in [6.07, 6.45) is 0. The molecule has 0 N–H and O–H groups in total. The molecule has 0 saturated carbocycles. The van der Waals surface area contributed by atoms with Crippen molar-refractivity contribution >= 4 is 43.5 Å². The molecular weight excluding hydrogens is 544 g/mol. The van der Waals surface area contributed by atoms with Crippen LogP contribution < -0.4 is 0 Å². The highest BCUT2D eigenvalue weighted by Crippen LogP contribution is 2.45. The molecule has 0 amide bonds. The summed E-state index contributed by atoms with van der Waals surface area (Å²) in [6, 6.07) is 17.9. The van der Waals surface area contributed by atoms with E-state index in [1.807, 2.05) is 78.9 Å². The van der Waals surface area contributed by atoms with Crippen molar-refractivity contribution in [2.45, 2.75) is 0 Å². The molecule has 0 bridgehead atoms. The lowest BCUT2D eigenvalue weighted by atomic mass is 9.85. The summed E-state index contributed by atoms with van der Waals surface area (Å²) in [4.78, 5) is 0. The fourth-order valence-corrected chi connectivity index (χ4v) is 6.15. The van der Waals surface area contributed by atoms with Crippen LogP contribution in [0.2, 0.25) is 0 Å². The molecule has 0 aliphatic heterocycles. The van der Waals surface area contributed by atoms with Gasteiger partial charge in [0, 0.05) is 21.9 Å². The Bertz CT molecular complexity index is 3230. The van der Waals surface area contributed by atoms with Crippen molar-refractivity contribution in [3.8, 4) is 44.5 Å². The normalized spacial score (nSPS) is 15.9. The van der Waals surface area contributed by atoms with Gasteiger partial charge in [0.25, 0.3) is 0 Å². The number of rotatable bonds is 4. The van der Waals surface area contributed by atoms with E-state index in [1.54, 1.807) is 0 Å². The summed E-state index contributed by atoms with van der Waals surface area (Å²) in [5.74, 6) is 0. The van der Waals surface area contributed by atoms with Crippen molar-refractivity contribution in [1.82, 2.24) is 0 Å². The second-order valence-corrected chi connectivity index (χ2v) is 10.5. The number of benzene rings is 8. The zero-order valence-corrected chi connectivity index (χ0v) is 23.5. The maximum absolute atomic E-state index is 9.84. The molecule has 0 aliphatic rings. The maximum atomic E-state index is 9.84. The average Bonchev–Trinajstić information content (AvgIpc) is 3.61. The largest absolute Gasteiger partial charge is 0.455 e. The third-order valence-corrected chi connectivity index (χ3v) is 8.06. The van der Waals surface area contributed by atoms with E-state index < -0.39 is 90.2 Å². The van der Waals surface area contributed by atoms with Gasteiger partial charge in [-0.2, -0.15) is 0 Å². The number of para-hydroxylation sites is 2. The van der Waals surface area contributed by atoms with Gasteiger partial charge in [0.05, 0.1) is 19.2 Å². The van der Waals surface area contributed by atoms with Gasteiger partial charge in [0.1, 0.15) is 11.2 Å². The SMILES string of the molecule is [2H]c1cc2c(oc3c(-c4c([2H])c([2H])c([2H])c([2H])c4[2H])c([2H])c([2H])c([2H])c32)c(-c2c([2H])c([2H])c([2H])c(-c3c4ccccc4c(-c4ccccc4)c4ccccc34)c2[2H])c1[2H]. The van der Waals surface area contributed by atoms with Crippen LogP contribution in [0.3, 0.4) is 0 Å². The lowest BCUT2D eigenvalue weighted by Crippen LogP contribution is -1.91. The molecule has 0 radical (unpaired) electrons. The van der Waals surface area contributed by atoms with Gasteiger partial charge < -0.3 is 4.42 Å². The number of hydrogen-bond acceptors (Lipinski definition) is 1. The third kappa shape index (κ3) is 4.09. The van der Waals surface area contributed by atoms with E-state index in [4.69, 9.17) is 18.1 Å². The summed E-state index contributed by atoms with van der Waals surface area (Å²) >= 11 is 0. The van der Waals surface area contributed by atoms with E-state index in [1.165, 1.54) is 6.07 Å². The highest BCUT2D eigenvalue weighted by Gasteiger charge is 2.18.